The molecular weight excluding hydrogens is 162 g/mol. The zero-order valence-electron chi connectivity index (χ0n) is 6.66. The number of thiocarbonyl (C=S) groups is 1. The van der Waals surface area contributed by atoms with Gasteiger partial charge in [-0.05, 0) is 26.1 Å². The van der Waals surface area contributed by atoms with Crippen LogP contribution in [0.15, 0.2) is 4.99 Å². The number of aliphatic imine (C=N–C) groups is 1. The second-order valence-electron chi connectivity index (χ2n) is 2.08. The van der Waals surface area contributed by atoms with Crippen LogP contribution in [-0.2, 0) is 9.53 Å². The number of carbonyl (C=O) groups is 1. The summed E-state index contributed by atoms with van der Waals surface area (Å²) in [5, 5.41) is 2.22. The van der Waals surface area contributed by atoms with E-state index < -0.39 is 0 Å². The molecule has 0 bridgehead atoms. The van der Waals surface area contributed by atoms with E-state index in [1.54, 1.807) is 13.8 Å². The van der Waals surface area contributed by atoms with E-state index in [9.17, 15) is 4.79 Å². The molecule has 0 aromatic heterocycles. The molecule has 0 aliphatic heterocycles. The Morgan fingerprint density at radius 1 is 1.82 bits per heavy atom. The lowest BCUT2D eigenvalue weighted by Crippen LogP contribution is -2.11. The van der Waals surface area contributed by atoms with Crippen molar-refractivity contribution in [3.63, 3.8) is 0 Å². The molecule has 0 N–H and O–H groups in total. The number of esters is 1. The van der Waals surface area contributed by atoms with Crippen LogP contribution in [0.2, 0.25) is 0 Å². The maximum absolute atomic E-state index is 10.8. The summed E-state index contributed by atoms with van der Waals surface area (Å²) in [7, 11) is 0. The molecule has 0 saturated heterocycles. The molecule has 0 aliphatic carbocycles. The molecule has 0 heterocycles. The van der Waals surface area contributed by atoms with Crippen molar-refractivity contribution in [2.24, 2.45) is 4.99 Å². The van der Waals surface area contributed by atoms with Gasteiger partial charge in [-0.2, -0.15) is 0 Å². The Balaban J connectivity index is 3.65. The van der Waals surface area contributed by atoms with Gasteiger partial charge in [0, 0.05) is 0 Å². The Labute approximate surface area is 71.5 Å². The van der Waals surface area contributed by atoms with Gasteiger partial charge < -0.3 is 4.74 Å². The van der Waals surface area contributed by atoms with E-state index in [0.29, 0.717) is 6.61 Å². The van der Waals surface area contributed by atoms with E-state index in [1.165, 1.54) is 0 Å². The summed E-state index contributed by atoms with van der Waals surface area (Å²) >= 11 is 4.38. The van der Waals surface area contributed by atoms with Crippen LogP contribution in [0.5, 0.6) is 0 Å². The van der Waals surface area contributed by atoms with E-state index in [0.717, 1.165) is 0 Å². The molecule has 0 radical (unpaired) electrons. The first kappa shape index (κ1) is 10.3. The van der Waals surface area contributed by atoms with Crippen molar-refractivity contribution in [3.8, 4) is 0 Å². The molecule has 0 rings (SSSR count). The van der Waals surface area contributed by atoms with Gasteiger partial charge in [0.1, 0.15) is 0 Å². The van der Waals surface area contributed by atoms with E-state index >= 15 is 0 Å². The zero-order chi connectivity index (χ0) is 8.69. The highest BCUT2D eigenvalue weighted by molar-refractivity contribution is 7.78. The number of carbonyl (C=O) groups excluding carboxylic acids is 1. The Hall–Kier alpha value is -0.730. The lowest BCUT2D eigenvalue weighted by Gasteiger charge is -2.02. The van der Waals surface area contributed by atoms with Gasteiger partial charge in [-0.15, -0.1) is 0 Å². The molecule has 11 heavy (non-hydrogen) atoms. The normalized spacial score (nSPS) is 11.5. The first-order chi connectivity index (χ1) is 5.20. The summed E-state index contributed by atoms with van der Waals surface area (Å²) in [5.74, 6) is -0.242. The number of ether oxygens (including phenoxy) is 1. The topological polar surface area (TPSA) is 38.7 Å². The second kappa shape index (κ2) is 6.01. The first-order valence-corrected chi connectivity index (χ1v) is 3.84. The molecule has 0 aromatic carbocycles. The molecule has 0 aromatic rings. The molecule has 0 aliphatic rings. The van der Waals surface area contributed by atoms with Gasteiger partial charge in [0.05, 0.1) is 24.2 Å². The van der Waals surface area contributed by atoms with Crippen LogP contribution < -0.4 is 0 Å². The summed E-state index contributed by atoms with van der Waals surface area (Å²) in [4.78, 5) is 14.5. The SMILES string of the molecule is CCOC(=O)CC(C)N=C=S. The van der Waals surface area contributed by atoms with Crippen LogP contribution in [0.3, 0.4) is 0 Å². The maximum atomic E-state index is 10.8. The van der Waals surface area contributed by atoms with Crippen molar-refractivity contribution < 1.29 is 9.53 Å². The number of isothiocyanates is 1. The second-order valence-corrected chi connectivity index (χ2v) is 2.26. The number of hydrogen-bond donors (Lipinski definition) is 0. The first-order valence-electron chi connectivity index (χ1n) is 3.43. The van der Waals surface area contributed by atoms with E-state index in [4.69, 9.17) is 4.74 Å². The summed E-state index contributed by atoms with van der Waals surface area (Å²) < 4.78 is 4.70. The summed E-state index contributed by atoms with van der Waals surface area (Å²) in [6, 6.07) is -0.119. The number of hydrogen-bond acceptors (Lipinski definition) is 4. The van der Waals surface area contributed by atoms with Crippen molar-refractivity contribution in [2.75, 3.05) is 6.61 Å². The fraction of sp³-hybridized carbons (Fsp3) is 0.714. The van der Waals surface area contributed by atoms with E-state index in [-0.39, 0.29) is 18.4 Å². The van der Waals surface area contributed by atoms with Crippen molar-refractivity contribution >= 4 is 23.3 Å². The quantitative estimate of drug-likeness (QED) is 0.367. The van der Waals surface area contributed by atoms with Crippen LogP contribution >= 0.6 is 12.2 Å². The van der Waals surface area contributed by atoms with Crippen molar-refractivity contribution in [1.82, 2.24) is 0 Å². The summed E-state index contributed by atoms with van der Waals surface area (Å²) in [6.45, 7) is 3.97. The third kappa shape index (κ3) is 5.70. The Kier molecular flexibility index (Phi) is 5.61. The minimum absolute atomic E-state index is 0.119. The summed E-state index contributed by atoms with van der Waals surface area (Å²) in [5.41, 5.74) is 0. The monoisotopic (exact) mass is 173 g/mol. The standard InChI is InChI=1S/C7H11NO2S/c1-3-10-7(9)4-6(2)8-5-11/h6H,3-4H2,1-2H3. The minimum atomic E-state index is -0.242. The predicted molar refractivity (Wildman–Crippen MR) is 45.7 cm³/mol. The fourth-order valence-corrected chi connectivity index (χ4v) is 0.777. The molecule has 4 heteroatoms. The molecule has 0 fully saturated rings. The van der Waals surface area contributed by atoms with Crippen LogP contribution in [0, 0.1) is 0 Å². The third-order valence-electron chi connectivity index (χ3n) is 1.04. The Morgan fingerprint density at radius 3 is 2.91 bits per heavy atom. The molecule has 0 amide bonds. The van der Waals surface area contributed by atoms with Crippen LogP contribution in [0.4, 0.5) is 0 Å². The maximum Gasteiger partial charge on any atom is 0.307 e. The highest BCUT2D eigenvalue weighted by atomic mass is 32.1. The van der Waals surface area contributed by atoms with Gasteiger partial charge in [-0.25, -0.2) is 4.99 Å². The van der Waals surface area contributed by atoms with E-state index in [1.807, 2.05) is 0 Å². The van der Waals surface area contributed by atoms with E-state index in [2.05, 4.69) is 22.4 Å². The average Bonchev–Trinajstić information content (AvgIpc) is 1.87. The van der Waals surface area contributed by atoms with Gasteiger partial charge in [0.2, 0.25) is 0 Å². The van der Waals surface area contributed by atoms with Crippen LogP contribution in [0.25, 0.3) is 0 Å². The van der Waals surface area contributed by atoms with Crippen LogP contribution in [-0.4, -0.2) is 23.8 Å². The van der Waals surface area contributed by atoms with Gasteiger partial charge in [-0.3, -0.25) is 4.79 Å². The third-order valence-corrected chi connectivity index (χ3v) is 1.15. The minimum Gasteiger partial charge on any atom is -0.466 e. The van der Waals surface area contributed by atoms with Gasteiger partial charge >= 0.3 is 5.97 Å². The number of rotatable bonds is 4. The molecule has 1 unspecified atom stereocenters. The highest BCUT2D eigenvalue weighted by Crippen LogP contribution is 1.97. The van der Waals surface area contributed by atoms with Gasteiger partial charge in [0.15, 0.2) is 0 Å². The van der Waals surface area contributed by atoms with Crippen molar-refractivity contribution in [2.45, 2.75) is 26.3 Å². The zero-order valence-corrected chi connectivity index (χ0v) is 7.48. The summed E-state index contributed by atoms with van der Waals surface area (Å²) in [6.07, 6.45) is 0.275. The largest absolute Gasteiger partial charge is 0.466 e. The molecule has 62 valence electrons. The lowest BCUT2D eigenvalue weighted by molar-refractivity contribution is -0.143. The Bertz CT molecular complexity index is 175. The van der Waals surface area contributed by atoms with Gasteiger partial charge in [-0.1, -0.05) is 0 Å². The van der Waals surface area contributed by atoms with Crippen molar-refractivity contribution in [1.29, 1.82) is 0 Å². The molecular formula is C7H11NO2S. The predicted octanol–water partition coefficient (Wildman–Crippen LogP) is 1.43. The molecule has 0 saturated carbocycles. The highest BCUT2D eigenvalue weighted by Gasteiger charge is 2.06. The average molecular weight is 173 g/mol. The molecule has 1 atom stereocenters. The fourth-order valence-electron chi connectivity index (χ4n) is 0.597. The van der Waals surface area contributed by atoms with Crippen LogP contribution in [0.1, 0.15) is 20.3 Å². The molecule has 3 nitrogen and oxygen atoms in total. The smallest absolute Gasteiger partial charge is 0.307 e. The number of nitrogens with zero attached hydrogens (tertiary/aromatic N) is 1. The van der Waals surface area contributed by atoms with Gasteiger partial charge in [0.25, 0.3) is 0 Å². The Morgan fingerprint density at radius 2 is 2.45 bits per heavy atom. The van der Waals surface area contributed by atoms with Crippen molar-refractivity contribution in [3.05, 3.63) is 0 Å². The molecule has 0 spiro atoms. The lowest BCUT2D eigenvalue weighted by atomic mass is 10.2.